The molecule has 8 heteroatoms. The molecule has 24 heavy (non-hydrogen) atoms. The summed E-state index contributed by atoms with van der Waals surface area (Å²) in [4.78, 5) is 0. The van der Waals surface area contributed by atoms with Crippen LogP contribution in [0.1, 0.15) is 43.0 Å². The van der Waals surface area contributed by atoms with E-state index in [1.54, 1.807) is 10.9 Å². The van der Waals surface area contributed by atoms with E-state index in [0.29, 0.717) is 36.2 Å². The van der Waals surface area contributed by atoms with Gasteiger partial charge in [0.25, 0.3) is 0 Å². The van der Waals surface area contributed by atoms with Gasteiger partial charge in [-0.15, -0.1) is 15.3 Å². The predicted octanol–water partition coefficient (Wildman–Crippen LogP) is 1.90. The summed E-state index contributed by atoms with van der Waals surface area (Å²) in [5.74, 6) is 1.81. The number of aryl methyl sites for hydroxylation is 1. The van der Waals surface area contributed by atoms with Crippen molar-refractivity contribution < 1.29 is 14.3 Å². The van der Waals surface area contributed by atoms with E-state index in [1.165, 1.54) is 0 Å². The van der Waals surface area contributed by atoms with Crippen molar-refractivity contribution in [3.8, 4) is 5.75 Å². The fraction of sp³-hybridized carbons (Fsp3) is 0.375. The highest BCUT2D eigenvalue weighted by molar-refractivity contribution is 5.27. The Morgan fingerprint density at radius 3 is 2.58 bits per heavy atom. The lowest BCUT2D eigenvalue weighted by molar-refractivity contribution is 0.221. The number of rotatable bonds is 7. The molecule has 1 atom stereocenters. The number of nitrogens with zero attached hydrogens (tertiary/aromatic N) is 5. The lowest BCUT2D eigenvalue weighted by Gasteiger charge is -2.12. The van der Waals surface area contributed by atoms with Gasteiger partial charge in [-0.1, -0.05) is 24.3 Å². The molecule has 8 nitrogen and oxygen atoms in total. The molecule has 2 aromatic heterocycles. The zero-order valence-corrected chi connectivity index (χ0v) is 13.6. The standard InChI is InChI=1S/C16H19N5O3/c1-3-15-18-19-16(24-15)9-21-8-14(17-20-21)11(2)23-13-6-4-12(10-22)5-7-13/h4-8,11,22H,3,9-10H2,1-2H3. The molecule has 0 fully saturated rings. The van der Waals surface area contributed by atoms with E-state index >= 15 is 0 Å². The second-order valence-electron chi connectivity index (χ2n) is 5.35. The van der Waals surface area contributed by atoms with Gasteiger partial charge in [-0.2, -0.15) is 0 Å². The first-order valence-electron chi connectivity index (χ1n) is 7.75. The van der Waals surface area contributed by atoms with Crippen LogP contribution in [0.15, 0.2) is 34.9 Å². The Balaban J connectivity index is 1.63. The Morgan fingerprint density at radius 1 is 1.17 bits per heavy atom. The minimum Gasteiger partial charge on any atom is -0.484 e. The average molecular weight is 329 g/mol. The molecule has 1 aromatic carbocycles. The van der Waals surface area contributed by atoms with Crippen LogP contribution in [0, 0.1) is 0 Å². The van der Waals surface area contributed by atoms with E-state index in [4.69, 9.17) is 14.3 Å². The van der Waals surface area contributed by atoms with Crippen LogP contribution in [0.2, 0.25) is 0 Å². The predicted molar refractivity (Wildman–Crippen MR) is 84.2 cm³/mol. The molecule has 3 aromatic rings. The Labute approximate surface area is 139 Å². The van der Waals surface area contributed by atoms with Gasteiger partial charge in [-0.05, 0) is 24.6 Å². The normalized spacial score (nSPS) is 12.3. The summed E-state index contributed by atoms with van der Waals surface area (Å²) in [7, 11) is 0. The third-order valence-electron chi connectivity index (χ3n) is 3.50. The number of hydrogen-bond acceptors (Lipinski definition) is 7. The molecule has 2 heterocycles. The van der Waals surface area contributed by atoms with E-state index in [9.17, 15) is 0 Å². The van der Waals surface area contributed by atoms with Gasteiger partial charge in [0.15, 0.2) is 0 Å². The highest BCUT2D eigenvalue weighted by Gasteiger charge is 2.13. The second kappa shape index (κ2) is 7.22. The summed E-state index contributed by atoms with van der Waals surface area (Å²) < 4.78 is 12.9. The number of aromatic nitrogens is 5. The molecule has 0 aliphatic carbocycles. The molecule has 1 unspecified atom stereocenters. The van der Waals surface area contributed by atoms with Gasteiger partial charge < -0.3 is 14.3 Å². The Kier molecular flexibility index (Phi) is 4.85. The SMILES string of the molecule is CCc1nnc(Cn2cc(C(C)Oc3ccc(CO)cc3)nn2)o1. The van der Waals surface area contributed by atoms with Gasteiger partial charge in [-0.3, -0.25) is 0 Å². The highest BCUT2D eigenvalue weighted by Crippen LogP contribution is 2.20. The van der Waals surface area contributed by atoms with Crippen molar-refractivity contribution in [2.45, 2.75) is 39.5 Å². The molecule has 126 valence electrons. The highest BCUT2D eigenvalue weighted by atomic mass is 16.5. The van der Waals surface area contributed by atoms with Gasteiger partial charge in [0.1, 0.15) is 24.1 Å². The van der Waals surface area contributed by atoms with Crippen LogP contribution in [0.25, 0.3) is 0 Å². The van der Waals surface area contributed by atoms with Crippen molar-refractivity contribution in [3.05, 3.63) is 53.5 Å². The van der Waals surface area contributed by atoms with E-state index < -0.39 is 0 Å². The van der Waals surface area contributed by atoms with Crippen molar-refractivity contribution in [2.24, 2.45) is 0 Å². The quantitative estimate of drug-likeness (QED) is 0.706. The number of ether oxygens (including phenoxy) is 1. The van der Waals surface area contributed by atoms with Gasteiger partial charge in [0, 0.05) is 6.42 Å². The summed E-state index contributed by atoms with van der Waals surface area (Å²) >= 11 is 0. The first-order valence-corrected chi connectivity index (χ1v) is 7.75. The van der Waals surface area contributed by atoms with Crippen LogP contribution in [0.3, 0.4) is 0 Å². The number of aliphatic hydroxyl groups excluding tert-OH is 1. The van der Waals surface area contributed by atoms with Crippen molar-refractivity contribution in [1.29, 1.82) is 0 Å². The summed E-state index contributed by atoms with van der Waals surface area (Å²) in [5, 5.41) is 25.1. The Bertz CT molecular complexity index is 781. The van der Waals surface area contributed by atoms with Crippen LogP contribution < -0.4 is 4.74 Å². The van der Waals surface area contributed by atoms with E-state index in [1.807, 2.05) is 38.1 Å². The number of hydrogen-bond donors (Lipinski definition) is 1. The lowest BCUT2D eigenvalue weighted by Crippen LogP contribution is -2.04. The molecular formula is C16H19N5O3. The molecule has 3 rings (SSSR count). The molecule has 0 saturated heterocycles. The zero-order chi connectivity index (χ0) is 16.9. The Morgan fingerprint density at radius 2 is 1.92 bits per heavy atom. The van der Waals surface area contributed by atoms with Crippen LogP contribution in [0.4, 0.5) is 0 Å². The van der Waals surface area contributed by atoms with Crippen LogP contribution in [-0.4, -0.2) is 30.3 Å². The number of benzene rings is 1. The second-order valence-corrected chi connectivity index (χ2v) is 5.35. The van der Waals surface area contributed by atoms with Gasteiger partial charge in [0.05, 0.1) is 12.8 Å². The Hall–Kier alpha value is -2.74. The molecule has 0 radical (unpaired) electrons. The van der Waals surface area contributed by atoms with Crippen LogP contribution in [0.5, 0.6) is 5.75 Å². The van der Waals surface area contributed by atoms with Gasteiger partial charge >= 0.3 is 0 Å². The van der Waals surface area contributed by atoms with Crippen molar-refractivity contribution in [2.75, 3.05) is 0 Å². The smallest absolute Gasteiger partial charge is 0.237 e. The minimum atomic E-state index is -0.257. The van der Waals surface area contributed by atoms with Gasteiger partial charge in [-0.25, -0.2) is 4.68 Å². The average Bonchev–Trinajstić information content (AvgIpc) is 3.25. The van der Waals surface area contributed by atoms with Crippen molar-refractivity contribution in [3.63, 3.8) is 0 Å². The monoisotopic (exact) mass is 329 g/mol. The number of aliphatic hydroxyl groups is 1. The maximum absolute atomic E-state index is 9.05. The van der Waals surface area contributed by atoms with Crippen molar-refractivity contribution >= 4 is 0 Å². The maximum atomic E-state index is 9.05. The minimum absolute atomic E-state index is 0.0135. The van der Waals surface area contributed by atoms with E-state index in [-0.39, 0.29) is 12.7 Å². The molecule has 0 bridgehead atoms. The van der Waals surface area contributed by atoms with E-state index in [0.717, 1.165) is 5.56 Å². The van der Waals surface area contributed by atoms with E-state index in [2.05, 4.69) is 20.5 Å². The van der Waals surface area contributed by atoms with Crippen molar-refractivity contribution in [1.82, 2.24) is 25.2 Å². The zero-order valence-electron chi connectivity index (χ0n) is 13.6. The van der Waals surface area contributed by atoms with Crippen LogP contribution in [-0.2, 0) is 19.6 Å². The fourth-order valence-corrected chi connectivity index (χ4v) is 2.15. The summed E-state index contributed by atoms with van der Waals surface area (Å²) in [6, 6.07) is 7.27. The first kappa shape index (κ1) is 16.1. The molecule has 0 saturated carbocycles. The molecule has 0 aliphatic rings. The third-order valence-corrected chi connectivity index (χ3v) is 3.50. The summed E-state index contributed by atoms with van der Waals surface area (Å²) in [6.45, 7) is 4.24. The molecule has 1 N–H and O–H groups in total. The topological polar surface area (TPSA) is 99.1 Å². The molecule has 0 spiro atoms. The molecule has 0 amide bonds. The molecular weight excluding hydrogens is 310 g/mol. The summed E-state index contributed by atoms with van der Waals surface area (Å²) in [6.07, 6.45) is 2.24. The first-order chi connectivity index (χ1) is 11.7. The summed E-state index contributed by atoms with van der Waals surface area (Å²) in [5.41, 5.74) is 1.54. The fourth-order valence-electron chi connectivity index (χ4n) is 2.15. The largest absolute Gasteiger partial charge is 0.484 e. The lowest BCUT2D eigenvalue weighted by atomic mass is 10.2. The third kappa shape index (κ3) is 3.77. The maximum Gasteiger partial charge on any atom is 0.237 e. The molecule has 0 aliphatic heterocycles. The van der Waals surface area contributed by atoms with Crippen LogP contribution >= 0.6 is 0 Å². The van der Waals surface area contributed by atoms with Gasteiger partial charge in [0.2, 0.25) is 11.8 Å².